The van der Waals surface area contributed by atoms with Crippen molar-refractivity contribution in [3.8, 4) is 0 Å². The van der Waals surface area contributed by atoms with E-state index in [0.29, 0.717) is 6.61 Å². The molecule has 1 aliphatic rings. The van der Waals surface area contributed by atoms with Gasteiger partial charge < -0.3 is 14.2 Å². The van der Waals surface area contributed by atoms with Crippen molar-refractivity contribution in [3.05, 3.63) is 47.9 Å². The van der Waals surface area contributed by atoms with Gasteiger partial charge in [0, 0.05) is 13.8 Å². The number of hydrogen-bond acceptors (Lipinski definition) is 3. The summed E-state index contributed by atoms with van der Waals surface area (Å²) >= 11 is 0. The van der Waals surface area contributed by atoms with E-state index in [1.807, 2.05) is 51.1 Å². The van der Waals surface area contributed by atoms with Gasteiger partial charge in [0.2, 0.25) is 5.79 Å². The van der Waals surface area contributed by atoms with Gasteiger partial charge in [0.15, 0.2) is 5.76 Å². The van der Waals surface area contributed by atoms with Crippen molar-refractivity contribution in [2.45, 2.75) is 39.3 Å². The van der Waals surface area contributed by atoms with Gasteiger partial charge in [-0.2, -0.15) is 0 Å². The molecule has 3 heteroatoms. The summed E-state index contributed by atoms with van der Waals surface area (Å²) in [5, 5.41) is 0. The lowest BCUT2D eigenvalue weighted by Gasteiger charge is -2.20. The minimum absolute atomic E-state index is 0.100. The molecule has 0 fully saturated rings. The molecule has 92 valence electrons. The maximum absolute atomic E-state index is 5.73. The highest BCUT2D eigenvalue weighted by Crippen LogP contribution is 2.27. The summed E-state index contributed by atoms with van der Waals surface area (Å²) in [6.07, 6.45) is 1.53. The van der Waals surface area contributed by atoms with Gasteiger partial charge in [0.25, 0.3) is 0 Å². The van der Waals surface area contributed by atoms with E-state index in [-0.39, 0.29) is 6.10 Å². The van der Waals surface area contributed by atoms with E-state index in [0.717, 1.165) is 11.3 Å². The van der Waals surface area contributed by atoms with Crippen LogP contribution in [0.4, 0.5) is 0 Å². The summed E-state index contributed by atoms with van der Waals surface area (Å²) in [4.78, 5) is 0. The van der Waals surface area contributed by atoms with Crippen molar-refractivity contribution < 1.29 is 14.2 Å². The summed E-state index contributed by atoms with van der Waals surface area (Å²) in [7, 11) is 0. The third kappa shape index (κ3) is 3.24. The van der Waals surface area contributed by atoms with E-state index in [1.54, 1.807) is 6.26 Å². The zero-order chi connectivity index (χ0) is 12.3. The van der Waals surface area contributed by atoms with Gasteiger partial charge in [-0.1, -0.05) is 30.3 Å². The van der Waals surface area contributed by atoms with Crippen LogP contribution in [0.3, 0.4) is 0 Å². The predicted octanol–water partition coefficient (Wildman–Crippen LogP) is 3.22. The van der Waals surface area contributed by atoms with E-state index in [4.69, 9.17) is 14.2 Å². The van der Waals surface area contributed by atoms with Crippen molar-refractivity contribution >= 4 is 0 Å². The maximum atomic E-state index is 5.73. The Morgan fingerprint density at radius 3 is 2.53 bits per heavy atom. The Morgan fingerprint density at radius 1 is 1.24 bits per heavy atom. The van der Waals surface area contributed by atoms with Gasteiger partial charge in [-0.15, -0.1) is 0 Å². The van der Waals surface area contributed by atoms with Gasteiger partial charge in [-0.25, -0.2) is 0 Å². The standard InChI is InChI=1S/C14H18O3/c1-11(13-10-16-14(2,3)17-13)15-9-12-7-5-4-6-8-12/h4-8,10-11H,9H2,1-3H3/t11-/m1/s1. The Labute approximate surface area is 102 Å². The molecular weight excluding hydrogens is 216 g/mol. The summed E-state index contributed by atoms with van der Waals surface area (Å²) in [6.45, 7) is 6.28. The molecule has 0 N–H and O–H groups in total. The second-order valence-electron chi connectivity index (χ2n) is 4.58. The maximum Gasteiger partial charge on any atom is 0.244 e. The molecule has 1 heterocycles. The average molecular weight is 234 g/mol. The normalized spacial score (nSPS) is 19.1. The predicted molar refractivity (Wildman–Crippen MR) is 65.0 cm³/mol. The van der Waals surface area contributed by atoms with Crippen LogP contribution in [0.25, 0.3) is 0 Å². The molecule has 0 aliphatic carbocycles. The molecular formula is C14H18O3. The first-order valence-corrected chi connectivity index (χ1v) is 5.79. The molecule has 0 aromatic heterocycles. The largest absolute Gasteiger partial charge is 0.457 e. The van der Waals surface area contributed by atoms with Crippen LogP contribution in [0, 0.1) is 0 Å². The summed E-state index contributed by atoms with van der Waals surface area (Å²) in [5.41, 5.74) is 1.15. The number of ether oxygens (including phenoxy) is 3. The molecule has 1 atom stereocenters. The van der Waals surface area contributed by atoms with Crippen LogP contribution in [0.1, 0.15) is 26.3 Å². The molecule has 1 aromatic rings. The van der Waals surface area contributed by atoms with Crippen LogP contribution in [-0.4, -0.2) is 11.9 Å². The quantitative estimate of drug-likeness (QED) is 0.800. The average Bonchev–Trinajstić information content (AvgIpc) is 2.68. The molecule has 0 saturated carbocycles. The van der Waals surface area contributed by atoms with E-state index in [2.05, 4.69) is 0 Å². The highest BCUT2D eigenvalue weighted by atomic mass is 16.7. The van der Waals surface area contributed by atoms with Gasteiger partial charge >= 0.3 is 0 Å². The molecule has 0 saturated heterocycles. The number of hydrogen-bond donors (Lipinski definition) is 0. The van der Waals surface area contributed by atoms with Crippen molar-refractivity contribution in [1.82, 2.24) is 0 Å². The first kappa shape index (κ1) is 12.0. The summed E-state index contributed by atoms with van der Waals surface area (Å²) in [5.74, 6) is 0.172. The molecule has 3 nitrogen and oxygen atoms in total. The number of rotatable bonds is 4. The minimum atomic E-state index is -0.570. The molecule has 0 unspecified atom stereocenters. The Hall–Kier alpha value is -1.48. The highest BCUT2D eigenvalue weighted by molar-refractivity contribution is 5.13. The van der Waals surface area contributed by atoms with Gasteiger partial charge in [-0.05, 0) is 12.5 Å². The summed E-state index contributed by atoms with van der Waals surface area (Å²) in [6, 6.07) is 10.1. The molecule has 2 rings (SSSR count). The van der Waals surface area contributed by atoms with Gasteiger partial charge in [0.05, 0.1) is 6.61 Å². The molecule has 0 bridgehead atoms. The first-order valence-electron chi connectivity index (χ1n) is 5.79. The lowest BCUT2D eigenvalue weighted by molar-refractivity contribution is -0.127. The molecule has 0 radical (unpaired) electrons. The van der Waals surface area contributed by atoms with Gasteiger partial charge in [-0.3, -0.25) is 0 Å². The van der Waals surface area contributed by atoms with Gasteiger partial charge in [0.1, 0.15) is 12.4 Å². The first-order chi connectivity index (χ1) is 8.07. The topological polar surface area (TPSA) is 27.7 Å². The third-order valence-electron chi connectivity index (χ3n) is 2.57. The molecule has 17 heavy (non-hydrogen) atoms. The smallest absolute Gasteiger partial charge is 0.244 e. The second kappa shape index (κ2) is 4.80. The van der Waals surface area contributed by atoms with E-state index in [1.165, 1.54) is 0 Å². The van der Waals surface area contributed by atoms with E-state index in [9.17, 15) is 0 Å². The minimum Gasteiger partial charge on any atom is -0.457 e. The summed E-state index contributed by atoms with van der Waals surface area (Å²) < 4.78 is 16.7. The van der Waals surface area contributed by atoms with Crippen LogP contribution >= 0.6 is 0 Å². The van der Waals surface area contributed by atoms with Crippen LogP contribution in [0.2, 0.25) is 0 Å². The Balaban J connectivity index is 1.85. The van der Waals surface area contributed by atoms with Crippen LogP contribution in [0.15, 0.2) is 42.4 Å². The van der Waals surface area contributed by atoms with E-state index >= 15 is 0 Å². The fourth-order valence-corrected chi connectivity index (χ4v) is 1.59. The van der Waals surface area contributed by atoms with Crippen molar-refractivity contribution in [2.24, 2.45) is 0 Å². The second-order valence-corrected chi connectivity index (χ2v) is 4.58. The fraction of sp³-hybridized carbons (Fsp3) is 0.429. The van der Waals surface area contributed by atoms with Crippen LogP contribution in [-0.2, 0) is 20.8 Å². The molecule has 0 spiro atoms. The number of benzene rings is 1. The van der Waals surface area contributed by atoms with Crippen molar-refractivity contribution in [2.75, 3.05) is 0 Å². The lowest BCUT2D eigenvalue weighted by Crippen LogP contribution is -2.23. The van der Waals surface area contributed by atoms with Crippen LogP contribution in [0.5, 0.6) is 0 Å². The molecule has 1 aromatic carbocycles. The SMILES string of the molecule is C[C@@H](OCc1ccccc1)C1=COC(C)(C)O1. The molecule has 1 aliphatic heterocycles. The highest BCUT2D eigenvalue weighted by Gasteiger charge is 2.30. The Bertz CT molecular complexity index is 395. The van der Waals surface area contributed by atoms with Crippen molar-refractivity contribution in [1.29, 1.82) is 0 Å². The Morgan fingerprint density at radius 2 is 1.94 bits per heavy atom. The monoisotopic (exact) mass is 234 g/mol. The Kier molecular flexibility index (Phi) is 3.38. The third-order valence-corrected chi connectivity index (χ3v) is 2.57. The van der Waals surface area contributed by atoms with E-state index < -0.39 is 5.79 Å². The molecule has 0 amide bonds. The zero-order valence-electron chi connectivity index (χ0n) is 10.5. The zero-order valence-corrected chi connectivity index (χ0v) is 10.5. The lowest BCUT2D eigenvalue weighted by atomic mass is 10.2. The fourth-order valence-electron chi connectivity index (χ4n) is 1.59. The van der Waals surface area contributed by atoms with Crippen LogP contribution < -0.4 is 0 Å². The van der Waals surface area contributed by atoms with Crippen molar-refractivity contribution in [3.63, 3.8) is 0 Å².